The van der Waals surface area contributed by atoms with Crippen molar-refractivity contribution in [3.8, 4) is 11.3 Å². The Morgan fingerprint density at radius 1 is 0.613 bits per heavy atom. The van der Waals surface area contributed by atoms with E-state index in [1.54, 1.807) is 10.4 Å². The fraction of sp³-hybridized carbons (Fsp3) is 0.148. The van der Waals surface area contributed by atoms with E-state index in [-0.39, 0.29) is 0 Å². The van der Waals surface area contributed by atoms with Gasteiger partial charge in [-0.2, -0.15) is 0 Å². The second-order valence-electron chi connectivity index (χ2n) is 9.75. The summed E-state index contributed by atoms with van der Waals surface area (Å²) in [5.41, 5.74) is 6.53. The molecule has 0 bridgehead atoms. The van der Waals surface area contributed by atoms with Crippen LogP contribution >= 0.6 is 0 Å². The lowest BCUT2D eigenvalue weighted by atomic mass is 10.1. The molecule has 31 heavy (non-hydrogen) atoms. The summed E-state index contributed by atoms with van der Waals surface area (Å²) in [4.78, 5) is 7.28. The number of hydrogen-bond donors (Lipinski definition) is 0. The minimum Gasteiger partial charge on any atom is -0.311 e. The van der Waals surface area contributed by atoms with Crippen molar-refractivity contribution in [2.75, 3.05) is 4.90 Å². The van der Waals surface area contributed by atoms with Gasteiger partial charge in [0.25, 0.3) is 0 Å². The minimum absolute atomic E-state index is 1.07. The second-order valence-corrected chi connectivity index (χ2v) is 18.4. The standard InChI is InChI=1S/C27H26N2Si2/c1-30(2)23-14-7-5-12-21(23)29-22-13-6-8-15-24(22)31(3,4)26-18-19(17-25(30)27(26)29)20-11-9-10-16-28-20/h5-18H,1-4H3. The zero-order valence-electron chi connectivity index (χ0n) is 18.5. The number of benzene rings is 3. The highest BCUT2D eigenvalue weighted by molar-refractivity contribution is 7.07. The number of rotatable bonds is 1. The summed E-state index contributed by atoms with van der Waals surface area (Å²) in [5.74, 6) is 0. The van der Waals surface area contributed by atoms with E-state index >= 15 is 0 Å². The molecule has 0 aliphatic carbocycles. The van der Waals surface area contributed by atoms with Gasteiger partial charge in [0.05, 0.1) is 5.69 Å². The van der Waals surface area contributed by atoms with Gasteiger partial charge in [-0.1, -0.05) is 80.8 Å². The van der Waals surface area contributed by atoms with Crippen LogP contribution < -0.4 is 25.6 Å². The van der Waals surface area contributed by atoms with Gasteiger partial charge in [-0.3, -0.25) is 4.98 Å². The maximum absolute atomic E-state index is 4.71. The van der Waals surface area contributed by atoms with Crippen LogP contribution in [0.2, 0.25) is 26.2 Å². The van der Waals surface area contributed by atoms with Crippen LogP contribution in [-0.2, 0) is 0 Å². The maximum Gasteiger partial charge on any atom is 0.117 e. The molecule has 1 aromatic heterocycles. The third-order valence-corrected chi connectivity index (χ3v) is 14.3. The molecule has 4 heteroatoms. The fourth-order valence-corrected chi connectivity index (χ4v) is 11.7. The van der Waals surface area contributed by atoms with Crippen LogP contribution in [0, 0.1) is 0 Å². The third kappa shape index (κ3) is 2.46. The van der Waals surface area contributed by atoms with Crippen molar-refractivity contribution in [2.45, 2.75) is 26.2 Å². The van der Waals surface area contributed by atoms with Crippen LogP contribution in [0.15, 0.2) is 85.1 Å². The molecular weight excluding hydrogens is 408 g/mol. The number of nitrogens with zero attached hydrogens (tertiary/aromatic N) is 2. The lowest BCUT2D eigenvalue weighted by molar-refractivity contribution is 1.28. The molecular formula is C27H26N2Si2. The summed E-state index contributed by atoms with van der Waals surface area (Å²) in [6.45, 7) is 10.0. The Hall–Kier alpha value is -2.96. The van der Waals surface area contributed by atoms with Gasteiger partial charge in [-0.05, 0) is 45.0 Å². The summed E-state index contributed by atoms with van der Waals surface area (Å²) < 4.78 is 0. The minimum atomic E-state index is -1.88. The average molecular weight is 435 g/mol. The van der Waals surface area contributed by atoms with Gasteiger partial charge in [0.2, 0.25) is 0 Å². The van der Waals surface area contributed by atoms with Gasteiger partial charge in [0.15, 0.2) is 0 Å². The van der Waals surface area contributed by atoms with Crippen LogP contribution in [0.1, 0.15) is 0 Å². The summed E-state index contributed by atoms with van der Waals surface area (Å²) >= 11 is 0. The number of fused-ring (bicyclic) bond motifs is 4. The van der Waals surface area contributed by atoms with Crippen LogP contribution in [0.25, 0.3) is 11.3 Å². The molecule has 2 nitrogen and oxygen atoms in total. The number of hydrogen-bond acceptors (Lipinski definition) is 2. The molecule has 0 spiro atoms. The van der Waals surface area contributed by atoms with Crippen LogP contribution in [0.5, 0.6) is 0 Å². The molecule has 0 unspecified atom stereocenters. The summed E-state index contributed by atoms with van der Waals surface area (Å²) in [7, 11) is -3.77. The highest BCUT2D eigenvalue weighted by Crippen LogP contribution is 2.41. The molecule has 6 rings (SSSR count). The van der Waals surface area contributed by atoms with Crippen molar-refractivity contribution in [3.05, 3.63) is 85.1 Å². The van der Waals surface area contributed by atoms with Crippen LogP contribution in [0.4, 0.5) is 17.1 Å². The van der Waals surface area contributed by atoms with Crippen molar-refractivity contribution in [3.63, 3.8) is 0 Å². The molecule has 2 aliphatic rings. The van der Waals surface area contributed by atoms with Gasteiger partial charge in [0, 0.05) is 28.8 Å². The Morgan fingerprint density at radius 2 is 1.13 bits per heavy atom. The lowest BCUT2D eigenvalue weighted by Gasteiger charge is -2.48. The molecule has 3 heterocycles. The molecule has 3 aromatic carbocycles. The van der Waals surface area contributed by atoms with Crippen molar-refractivity contribution >= 4 is 54.0 Å². The van der Waals surface area contributed by atoms with Gasteiger partial charge in [-0.15, -0.1) is 0 Å². The number of pyridine rings is 1. The lowest BCUT2D eigenvalue weighted by Crippen LogP contribution is -2.66. The van der Waals surface area contributed by atoms with Crippen LogP contribution in [0.3, 0.4) is 0 Å². The smallest absolute Gasteiger partial charge is 0.117 e. The van der Waals surface area contributed by atoms with E-state index in [1.165, 1.54) is 33.0 Å². The second kappa shape index (κ2) is 6.28. The normalized spacial score (nSPS) is 16.8. The van der Waals surface area contributed by atoms with E-state index in [1.807, 2.05) is 12.3 Å². The first-order valence-electron chi connectivity index (χ1n) is 11.0. The SMILES string of the molecule is C[Si]1(C)c2ccccc2N2c3ccccc3[Si](C)(C)c3cc(-c4ccccn4)cc1c32. The van der Waals surface area contributed by atoms with Crippen LogP contribution in [-0.4, -0.2) is 21.1 Å². The average Bonchev–Trinajstić information content (AvgIpc) is 2.79. The number of anilines is 3. The first kappa shape index (κ1) is 18.8. The summed E-state index contributed by atoms with van der Waals surface area (Å²) in [6.07, 6.45) is 1.91. The third-order valence-electron chi connectivity index (χ3n) is 7.28. The van der Waals surface area contributed by atoms with Gasteiger partial charge >= 0.3 is 0 Å². The monoisotopic (exact) mass is 434 g/mol. The van der Waals surface area contributed by atoms with Gasteiger partial charge < -0.3 is 4.90 Å². The first-order chi connectivity index (χ1) is 14.9. The fourth-order valence-electron chi connectivity index (χ4n) is 5.56. The Morgan fingerprint density at radius 3 is 1.65 bits per heavy atom. The Bertz CT molecular complexity index is 1260. The van der Waals surface area contributed by atoms with E-state index in [2.05, 4.69) is 104 Å². The molecule has 0 saturated heterocycles. The number of aromatic nitrogens is 1. The van der Waals surface area contributed by atoms with Gasteiger partial charge in [0.1, 0.15) is 16.1 Å². The Balaban J connectivity index is 1.77. The van der Waals surface area contributed by atoms with E-state index in [4.69, 9.17) is 4.98 Å². The molecule has 0 amide bonds. The number of para-hydroxylation sites is 2. The largest absolute Gasteiger partial charge is 0.311 e. The van der Waals surface area contributed by atoms with E-state index in [0.717, 1.165) is 5.69 Å². The summed E-state index contributed by atoms with van der Waals surface area (Å²) in [6, 6.07) is 29.3. The Labute approximate surface area is 186 Å². The molecule has 4 aromatic rings. The predicted octanol–water partition coefficient (Wildman–Crippen LogP) is 4.49. The van der Waals surface area contributed by atoms with Gasteiger partial charge in [-0.25, -0.2) is 0 Å². The Kier molecular flexibility index (Phi) is 3.81. The highest BCUT2D eigenvalue weighted by Gasteiger charge is 2.47. The van der Waals surface area contributed by atoms with Crippen molar-refractivity contribution in [1.82, 2.24) is 4.98 Å². The van der Waals surface area contributed by atoms with E-state index in [9.17, 15) is 0 Å². The molecule has 0 radical (unpaired) electrons. The molecule has 2 aliphatic heterocycles. The zero-order chi connectivity index (χ0) is 21.4. The summed E-state index contributed by atoms with van der Waals surface area (Å²) in [5, 5.41) is 6.12. The predicted molar refractivity (Wildman–Crippen MR) is 138 cm³/mol. The maximum atomic E-state index is 4.71. The van der Waals surface area contributed by atoms with Crippen molar-refractivity contribution < 1.29 is 0 Å². The molecule has 152 valence electrons. The topological polar surface area (TPSA) is 16.1 Å². The van der Waals surface area contributed by atoms with Crippen molar-refractivity contribution in [1.29, 1.82) is 0 Å². The van der Waals surface area contributed by atoms with E-state index in [0.29, 0.717) is 0 Å². The highest BCUT2D eigenvalue weighted by atomic mass is 28.3. The van der Waals surface area contributed by atoms with E-state index < -0.39 is 16.1 Å². The first-order valence-corrected chi connectivity index (χ1v) is 17.0. The molecule has 0 saturated carbocycles. The zero-order valence-corrected chi connectivity index (χ0v) is 20.5. The molecule has 0 N–H and O–H groups in total. The van der Waals surface area contributed by atoms with Crippen molar-refractivity contribution in [2.24, 2.45) is 0 Å². The quantitative estimate of drug-likeness (QED) is 0.410. The molecule has 0 fully saturated rings. The molecule has 0 atom stereocenters.